The van der Waals surface area contributed by atoms with Gasteiger partial charge < -0.3 is 4.90 Å². The fourth-order valence-corrected chi connectivity index (χ4v) is 6.30. The van der Waals surface area contributed by atoms with Gasteiger partial charge in [-0.15, -0.1) is 0 Å². The molecule has 1 aromatic heterocycles. The monoisotopic (exact) mass is 371 g/mol. The molecule has 2 bridgehead atoms. The molecule has 0 unspecified atom stereocenters. The Morgan fingerprint density at radius 3 is 2.42 bits per heavy atom. The van der Waals surface area contributed by atoms with E-state index in [9.17, 15) is 8.42 Å². The summed E-state index contributed by atoms with van der Waals surface area (Å²) in [5.74, 6) is 1.15. The van der Waals surface area contributed by atoms with Crippen LogP contribution in [-0.4, -0.2) is 43.9 Å². The van der Waals surface area contributed by atoms with Crippen molar-refractivity contribution in [2.45, 2.75) is 49.1 Å². The molecular weight excluding hydrogens is 346 g/mol. The van der Waals surface area contributed by atoms with Gasteiger partial charge in [0, 0.05) is 38.3 Å². The number of nitrogens with zero attached hydrogens (tertiary/aromatic N) is 3. The quantitative estimate of drug-likeness (QED) is 0.828. The van der Waals surface area contributed by atoms with Crippen molar-refractivity contribution in [2.24, 2.45) is 0 Å². The molecule has 1 aromatic carbocycles. The molecule has 2 aliphatic rings. The van der Waals surface area contributed by atoms with E-state index in [1.807, 2.05) is 50.3 Å². The van der Waals surface area contributed by atoms with Gasteiger partial charge in [-0.25, -0.2) is 13.4 Å². The molecule has 3 heterocycles. The third-order valence-corrected chi connectivity index (χ3v) is 7.72. The molecule has 0 saturated carbocycles. The van der Waals surface area contributed by atoms with E-state index in [1.54, 1.807) is 16.4 Å². The molecule has 26 heavy (non-hydrogen) atoms. The molecule has 6 heteroatoms. The van der Waals surface area contributed by atoms with Gasteiger partial charge in [0.25, 0.3) is 0 Å². The van der Waals surface area contributed by atoms with E-state index in [-0.39, 0.29) is 18.0 Å². The predicted molar refractivity (Wildman–Crippen MR) is 103 cm³/mol. The number of aryl methyl sites for hydroxylation is 1. The van der Waals surface area contributed by atoms with Gasteiger partial charge >= 0.3 is 0 Å². The summed E-state index contributed by atoms with van der Waals surface area (Å²) in [6, 6.07) is 11.4. The number of fused-ring (bicyclic) bond motifs is 2. The Morgan fingerprint density at radius 2 is 1.81 bits per heavy atom. The first kappa shape index (κ1) is 17.5. The van der Waals surface area contributed by atoms with Gasteiger partial charge in [-0.05, 0) is 49.9 Å². The maximum atomic E-state index is 13.2. The topological polar surface area (TPSA) is 53.5 Å². The van der Waals surface area contributed by atoms with Gasteiger partial charge in [-0.1, -0.05) is 23.8 Å². The third kappa shape index (κ3) is 2.81. The lowest BCUT2D eigenvalue weighted by molar-refractivity contribution is 0.388. The van der Waals surface area contributed by atoms with Crippen molar-refractivity contribution in [2.75, 3.05) is 19.0 Å². The van der Waals surface area contributed by atoms with Crippen molar-refractivity contribution >= 4 is 15.8 Å². The number of sulfonamides is 1. The molecule has 0 radical (unpaired) electrons. The van der Waals surface area contributed by atoms with Crippen molar-refractivity contribution in [1.82, 2.24) is 9.29 Å². The number of benzene rings is 1. The summed E-state index contributed by atoms with van der Waals surface area (Å²) in [5.41, 5.74) is 2.21. The van der Waals surface area contributed by atoms with Crippen LogP contribution < -0.4 is 4.90 Å². The average molecular weight is 372 g/mol. The first-order chi connectivity index (χ1) is 12.4. The van der Waals surface area contributed by atoms with Gasteiger partial charge in [0.2, 0.25) is 10.0 Å². The number of rotatable bonds is 4. The Bertz CT molecular complexity index is 892. The van der Waals surface area contributed by atoms with Crippen LogP contribution >= 0.6 is 0 Å². The van der Waals surface area contributed by atoms with E-state index >= 15 is 0 Å². The minimum atomic E-state index is -3.45. The zero-order valence-corrected chi connectivity index (χ0v) is 16.3. The summed E-state index contributed by atoms with van der Waals surface area (Å²) >= 11 is 0. The third-order valence-electron chi connectivity index (χ3n) is 5.73. The highest BCUT2D eigenvalue weighted by Gasteiger charge is 2.52. The predicted octanol–water partition coefficient (Wildman–Crippen LogP) is 3.17. The maximum absolute atomic E-state index is 13.2. The Balaban J connectivity index is 1.63. The largest absolute Gasteiger partial charge is 0.363 e. The molecule has 4 rings (SSSR count). The van der Waals surface area contributed by atoms with Crippen LogP contribution in [-0.2, 0) is 10.0 Å². The Kier molecular flexibility index (Phi) is 4.28. The van der Waals surface area contributed by atoms with E-state index in [2.05, 4.69) is 11.1 Å². The standard InChI is InChI=1S/C20H25N3O2S/c1-14-4-8-17(9-5-14)26(24,25)23-16-7-10-19(23)18(12-16)15-6-11-20(21-13-15)22(2)3/h4-6,8-9,11,13,16,18-19H,7,10,12H2,1-3H3/t16-,18-,19+/m0/s1. The lowest BCUT2D eigenvalue weighted by Gasteiger charge is -2.24. The first-order valence-corrected chi connectivity index (χ1v) is 10.6. The Labute approximate surface area is 155 Å². The molecule has 0 amide bonds. The van der Waals surface area contributed by atoms with Crippen molar-refractivity contribution < 1.29 is 8.42 Å². The van der Waals surface area contributed by atoms with Crippen LogP contribution in [0, 0.1) is 6.92 Å². The molecule has 2 fully saturated rings. The number of aromatic nitrogens is 1. The van der Waals surface area contributed by atoms with E-state index in [1.165, 1.54) is 0 Å². The van der Waals surface area contributed by atoms with Crippen LogP contribution in [0.3, 0.4) is 0 Å². The Hall–Kier alpha value is -1.92. The van der Waals surface area contributed by atoms with E-state index in [0.717, 1.165) is 36.2 Å². The van der Waals surface area contributed by atoms with Crippen molar-refractivity contribution in [3.63, 3.8) is 0 Å². The lowest BCUT2D eigenvalue weighted by Crippen LogP contribution is -2.36. The van der Waals surface area contributed by atoms with Crippen molar-refractivity contribution in [3.8, 4) is 0 Å². The molecule has 3 atom stereocenters. The summed E-state index contributed by atoms with van der Waals surface area (Å²) in [6.45, 7) is 1.97. The molecule has 5 nitrogen and oxygen atoms in total. The second-order valence-electron chi connectivity index (χ2n) is 7.63. The summed E-state index contributed by atoms with van der Waals surface area (Å²) in [7, 11) is 0.486. The lowest BCUT2D eigenvalue weighted by atomic mass is 9.85. The Morgan fingerprint density at radius 1 is 1.08 bits per heavy atom. The minimum absolute atomic E-state index is 0.0401. The summed E-state index contributed by atoms with van der Waals surface area (Å²) in [6.07, 6.45) is 4.68. The van der Waals surface area contributed by atoms with E-state index < -0.39 is 10.0 Å². The van der Waals surface area contributed by atoms with E-state index in [0.29, 0.717) is 4.90 Å². The molecular formula is C20H25N3O2S. The fraction of sp³-hybridized carbons (Fsp3) is 0.450. The SMILES string of the molecule is Cc1ccc(S(=O)(=O)N2[C@H]3CC[C@@H]2[C@H](c2ccc(N(C)C)nc2)C3)cc1. The van der Waals surface area contributed by atoms with Gasteiger partial charge in [0.05, 0.1) is 4.90 Å². The van der Waals surface area contributed by atoms with Crippen LogP contribution in [0.4, 0.5) is 5.82 Å². The molecule has 0 N–H and O–H groups in total. The van der Waals surface area contributed by atoms with Crippen molar-refractivity contribution in [3.05, 3.63) is 53.7 Å². The van der Waals surface area contributed by atoms with Crippen LogP contribution in [0.2, 0.25) is 0 Å². The molecule has 138 valence electrons. The van der Waals surface area contributed by atoms with Gasteiger partial charge in [-0.2, -0.15) is 4.31 Å². The number of hydrogen-bond donors (Lipinski definition) is 0. The van der Waals surface area contributed by atoms with Crippen LogP contribution in [0.25, 0.3) is 0 Å². The maximum Gasteiger partial charge on any atom is 0.243 e. The van der Waals surface area contributed by atoms with Gasteiger partial charge in [0.15, 0.2) is 0 Å². The zero-order valence-electron chi connectivity index (χ0n) is 15.5. The first-order valence-electron chi connectivity index (χ1n) is 9.11. The summed E-state index contributed by atoms with van der Waals surface area (Å²) < 4.78 is 28.2. The highest BCUT2D eigenvalue weighted by atomic mass is 32.2. The smallest absolute Gasteiger partial charge is 0.243 e. The zero-order chi connectivity index (χ0) is 18.5. The fourth-order valence-electron chi connectivity index (χ4n) is 4.38. The molecule has 0 aliphatic carbocycles. The molecule has 2 aromatic rings. The van der Waals surface area contributed by atoms with Crippen LogP contribution in [0.15, 0.2) is 47.5 Å². The number of pyridine rings is 1. The van der Waals surface area contributed by atoms with E-state index in [4.69, 9.17) is 0 Å². The highest BCUT2D eigenvalue weighted by molar-refractivity contribution is 7.89. The minimum Gasteiger partial charge on any atom is -0.363 e. The van der Waals surface area contributed by atoms with Crippen molar-refractivity contribution in [1.29, 1.82) is 0 Å². The molecule has 2 saturated heterocycles. The van der Waals surface area contributed by atoms with Gasteiger partial charge in [0.1, 0.15) is 5.82 Å². The van der Waals surface area contributed by atoms with Gasteiger partial charge in [-0.3, -0.25) is 0 Å². The summed E-state index contributed by atoms with van der Waals surface area (Å²) in [4.78, 5) is 6.89. The second-order valence-corrected chi connectivity index (χ2v) is 9.48. The van der Waals surface area contributed by atoms with Crippen LogP contribution in [0.5, 0.6) is 0 Å². The molecule has 0 spiro atoms. The second kappa shape index (κ2) is 6.35. The summed E-state index contributed by atoms with van der Waals surface area (Å²) in [5, 5.41) is 0. The average Bonchev–Trinajstić information content (AvgIpc) is 3.21. The normalized spacial score (nSPS) is 25.6. The highest BCUT2D eigenvalue weighted by Crippen LogP contribution is 2.49. The molecule has 2 aliphatic heterocycles. The number of anilines is 1. The van der Waals surface area contributed by atoms with Crippen LogP contribution in [0.1, 0.15) is 36.3 Å². The number of hydrogen-bond acceptors (Lipinski definition) is 4.